The van der Waals surface area contributed by atoms with E-state index in [1.807, 2.05) is 12.1 Å². The van der Waals surface area contributed by atoms with Crippen LogP contribution in [-0.2, 0) is 0 Å². The zero-order valence-corrected chi connectivity index (χ0v) is 41.0. The lowest BCUT2D eigenvalue weighted by Gasteiger charge is -2.26. The predicted molar refractivity (Wildman–Crippen MR) is 315 cm³/mol. The molecule has 0 aliphatic carbocycles. The Morgan fingerprint density at radius 2 is 0.573 bits per heavy atom. The third-order valence-corrected chi connectivity index (χ3v) is 14.8. The van der Waals surface area contributed by atoms with Gasteiger partial charge in [0.15, 0.2) is 0 Å². The van der Waals surface area contributed by atoms with E-state index in [4.69, 9.17) is 4.42 Å². The third kappa shape index (κ3) is 8.14. The van der Waals surface area contributed by atoms with Crippen molar-refractivity contribution in [1.29, 1.82) is 0 Å². The summed E-state index contributed by atoms with van der Waals surface area (Å²) in [6, 6.07) is 105. The second-order valence-electron chi connectivity index (χ2n) is 19.3. The fourth-order valence-electron chi connectivity index (χ4n) is 11.0. The number of benzene rings is 12. The van der Waals surface area contributed by atoms with Crippen molar-refractivity contribution in [2.75, 3.05) is 4.90 Å². The fourth-order valence-corrected chi connectivity index (χ4v) is 11.0. The summed E-state index contributed by atoms with van der Waals surface area (Å²) in [4.78, 5) is 2.35. The highest BCUT2D eigenvalue weighted by Gasteiger charge is 2.17. The van der Waals surface area contributed by atoms with Crippen LogP contribution in [0, 0.1) is 0 Å². The molecular formula is C72H48N2O. The van der Waals surface area contributed by atoms with E-state index in [2.05, 4.69) is 289 Å². The van der Waals surface area contributed by atoms with E-state index >= 15 is 0 Å². The van der Waals surface area contributed by atoms with Crippen molar-refractivity contribution >= 4 is 60.8 Å². The van der Waals surface area contributed by atoms with Crippen molar-refractivity contribution < 1.29 is 4.42 Å². The minimum Gasteiger partial charge on any atom is -0.456 e. The Hall–Kier alpha value is -9.96. The van der Waals surface area contributed by atoms with E-state index in [0.717, 1.165) is 72.5 Å². The van der Waals surface area contributed by atoms with Crippen molar-refractivity contribution in [3.63, 3.8) is 0 Å². The molecule has 352 valence electrons. The fraction of sp³-hybridized carbons (Fsp3) is 0. The summed E-state index contributed by atoms with van der Waals surface area (Å²) in [6.07, 6.45) is 0. The lowest BCUT2D eigenvalue weighted by atomic mass is 9.97. The summed E-state index contributed by atoms with van der Waals surface area (Å²) >= 11 is 0. The first-order valence-electron chi connectivity index (χ1n) is 25.6. The zero-order valence-electron chi connectivity index (χ0n) is 41.0. The average molecular weight is 957 g/mol. The molecular weight excluding hydrogens is 909 g/mol. The summed E-state index contributed by atoms with van der Waals surface area (Å²) in [7, 11) is 0. The maximum Gasteiger partial charge on any atom is 0.136 e. The molecule has 0 radical (unpaired) electrons. The highest BCUT2D eigenvalue weighted by Crippen LogP contribution is 2.40. The van der Waals surface area contributed by atoms with Gasteiger partial charge < -0.3 is 13.9 Å². The summed E-state index contributed by atoms with van der Waals surface area (Å²) in [6.45, 7) is 0. The van der Waals surface area contributed by atoms with Gasteiger partial charge in [0.1, 0.15) is 11.2 Å². The molecule has 14 rings (SSSR count). The number of fused-ring (bicyclic) bond motifs is 6. The normalized spacial score (nSPS) is 11.5. The molecule has 0 saturated carbocycles. The summed E-state index contributed by atoms with van der Waals surface area (Å²) in [5, 5.41) is 4.81. The minimum atomic E-state index is 0.900. The third-order valence-electron chi connectivity index (χ3n) is 14.8. The van der Waals surface area contributed by atoms with Gasteiger partial charge in [-0.15, -0.1) is 0 Å². The number of hydrogen-bond donors (Lipinski definition) is 0. The lowest BCUT2D eigenvalue weighted by Crippen LogP contribution is -2.09. The molecule has 0 bridgehead atoms. The lowest BCUT2D eigenvalue weighted by molar-refractivity contribution is 0.669. The van der Waals surface area contributed by atoms with Crippen LogP contribution in [0.15, 0.2) is 296 Å². The number of para-hydroxylation sites is 3. The van der Waals surface area contributed by atoms with Crippen LogP contribution in [0.5, 0.6) is 0 Å². The summed E-state index contributed by atoms with van der Waals surface area (Å²) in [5.74, 6) is 0. The van der Waals surface area contributed by atoms with Crippen LogP contribution in [0.3, 0.4) is 0 Å². The molecule has 0 N–H and O–H groups in total. The second kappa shape index (κ2) is 18.6. The number of aromatic nitrogens is 1. The van der Waals surface area contributed by atoms with Gasteiger partial charge in [0.05, 0.1) is 11.0 Å². The molecule has 14 aromatic rings. The number of anilines is 3. The van der Waals surface area contributed by atoms with Crippen molar-refractivity contribution in [3.8, 4) is 72.4 Å². The summed E-state index contributed by atoms with van der Waals surface area (Å²) < 4.78 is 8.64. The van der Waals surface area contributed by atoms with Crippen molar-refractivity contribution in [2.24, 2.45) is 0 Å². The molecule has 0 amide bonds. The molecule has 0 saturated heterocycles. The van der Waals surface area contributed by atoms with E-state index in [1.54, 1.807) is 0 Å². The Bertz CT molecular complexity index is 4320. The molecule has 2 aromatic heterocycles. The highest BCUT2D eigenvalue weighted by molar-refractivity contribution is 6.09. The molecule has 0 fully saturated rings. The topological polar surface area (TPSA) is 21.3 Å². The number of furan rings is 1. The maximum atomic E-state index is 6.26. The van der Waals surface area contributed by atoms with E-state index in [9.17, 15) is 0 Å². The van der Waals surface area contributed by atoms with Crippen molar-refractivity contribution in [3.05, 3.63) is 291 Å². The molecule has 0 unspecified atom stereocenters. The van der Waals surface area contributed by atoms with Gasteiger partial charge in [0.2, 0.25) is 0 Å². The van der Waals surface area contributed by atoms with Crippen LogP contribution < -0.4 is 4.90 Å². The smallest absolute Gasteiger partial charge is 0.136 e. The van der Waals surface area contributed by atoms with Gasteiger partial charge in [0.25, 0.3) is 0 Å². The van der Waals surface area contributed by atoms with Gasteiger partial charge in [-0.05, 0) is 158 Å². The van der Waals surface area contributed by atoms with Crippen molar-refractivity contribution in [1.82, 2.24) is 4.57 Å². The molecule has 0 aliphatic rings. The van der Waals surface area contributed by atoms with Gasteiger partial charge in [-0.25, -0.2) is 0 Å². The SMILES string of the molecule is c1ccc(-c2cccc(-c3ccc(N(c4ccc(-c5ccc(-c6cccc(-n7c8ccccc8c8ccccc87)c6)cc5)cc4)c4ccc(-c5cccc(-c6ccc7c(c6)oc6ccccc67)c5)cc4)cc3)c2)cc1. The Morgan fingerprint density at radius 3 is 1.11 bits per heavy atom. The first kappa shape index (κ1) is 43.8. The van der Waals surface area contributed by atoms with Gasteiger partial charge in [-0.2, -0.15) is 0 Å². The summed E-state index contributed by atoms with van der Waals surface area (Å²) in [5.41, 5.74) is 22.6. The molecule has 12 aromatic carbocycles. The Balaban J connectivity index is 0.771. The molecule has 3 nitrogen and oxygen atoms in total. The number of nitrogens with zero attached hydrogens (tertiary/aromatic N) is 2. The number of rotatable bonds is 10. The quantitative estimate of drug-likeness (QED) is 0.136. The molecule has 0 spiro atoms. The van der Waals surface area contributed by atoms with Gasteiger partial charge >= 0.3 is 0 Å². The van der Waals surface area contributed by atoms with Gasteiger partial charge in [-0.3, -0.25) is 0 Å². The average Bonchev–Trinajstić information content (AvgIpc) is 4.04. The van der Waals surface area contributed by atoms with E-state index in [1.165, 1.54) is 60.8 Å². The first-order valence-corrected chi connectivity index (χ1v) is 25.6. The molecule has 0 atom stereocenters. The molecule has 3 heteroatoms. The van der Waals surface area contributed by atoms with E-state index in [-0.39, 0.29) is 0 Å². The Labute approximate surface area is 436 Å². The van der Waals surface area contributed by atoms with Crippen LogP contribution in [0.4, 0.5) is 17.1 Å². The standard InChI is InChI=1S/C72H48N2O/c1-2-13-49(14-3-1)55-15-10-16-56(45-55)53-33-40-62(41-34-53)73(63-42-35-54(36-43-63)57-17-11-18-58(46-57)60-37-44-68-67-23-6-9-26-71(67)75-72(68)48-60)61-38-31-51(32-39-61)50-27-29-52(30-28-50)59-19-12-20-64(47-59)74-69-24-7-4-21-65(69)66-22-5-8-25-70(66)74/h1-48H. The maximum absolute atomic E-state index is 6.26. The van der Waals surface area contributed by atoms with E-state index in [0.29, 0.717) is 0 Å². The van der Waals surface area contributed by atoms with Crippen molar-refractivity contribution in [2.45, 2.75) is 0 Å². The van der Waals surface area contributed by atoms with Crippen LogP contribution in [0.25, 0.3) is 116 Å². The van der Waals surface area contributed by atoms with Crippen LogP contribution >= 0.6 is 0 Å². The minimum absolute atomic E-state index is 0.900. The van der Waals surface area contributed by atoms with E-state index < -0.39 is 0 Å². The first-order chi connectivity index (χ1) is 37.1. The predicted octanol–water partition coefficient (Wildman–Crippen LogP) is 20.2. The molecule has 75 heavy (non-hydrogen) atoms. The highest BCUT2D eigenvalue weighted by atomic mass is 16.3. The number of hydrogen-bond acceptors (Lipinski definition) is 2. The van der Waals surface area contributed by atoms with Crippen LogP contribution in [0.1, 0.15) is 0 Å². The molecule has 2 heterocycles. The van der Waals surface area contributed by atoms with Gasteiger partial charge in [-0.1, -0.05) is 200 Å². The Kier molecular flexibility index (Phi) is 10.8. The zero-order chi connectivity index (χ0) is 49.7. The second-order valence-corrected chi connectivity index (χ2v) is 19.3. The van der Waals surface area contributed by atoms with Crippen LogP contribution in [-0.4, -0.2) is 4.57 Å². The van der Waals surface area contributed by atoms with Crippen LogP contribution in [0.2, 0.25) is 0 Å². The van der Waals surface area contributed by atoms with Gasteiger partial charge in [0, 0.05) is 44.3 Å². The monoisotopic (exact) mass is 956 g/mol. The Morgan fingerprint density at radius 1 is 0.227 bits per heavy atom. The largest absolute Gasteiger partial charge is 0.456 e. The molecule has 0 aliphatic heterocycles.